The average molecular weight is 243 g/mol. The molecule has 0 fully saturated rings. The Hall–Kier alpha value is -0.620. The number of rotatable bonds is 6. The zero-order chi connectivity index (χ0) is 12.0. The lowest BCUT2D eigenvalue weighted by Gasteiger charge is -2.16. The second-order valence-corrected chi connectivity index (χ2v) is 6.01. The normalized spacial score (nSPS) is 12.0. The third kappa shape index (κ3) is 4.94. The van der Waals surface area contributed by atoms with Crippen LogP contribution < -0.4 is 5.32 Å². The SMILES string of the molecule is CNCCn1nnnc1SCCC(C)(C)C. The van der Waals surface area contributed by atoms with E-state index in [1.54, 1.807) is 11.8 Å². The minimum absolute atomic E-state index is 0.371. The van der Waals surface area contributed by atoms with Gasteiger partial charge < -0.3 is 5.32 Å². The molecule has 1 aromatic rings. The Balaban J connectivity index is 2.38. The Kier molecular flexibility index (Phi) is 5.21. The molecule has 6 heteroatoms. The van der Waals surface area contributed by atoms with Crippen molar-refractivity contribution in [2.24, 2.45) is 5.41 Å². The summed E-state index contributed by atoms with van der Waals surface area (Å²) < 4.78 is 1.85. The van der Waals surface area contributed by atoms with Crippen LogP contribution in [0.3, 0.4) is 0 Å². The Bertz CT molecular complexity index is 304. The van der Waals surface area contributed by atoms with Crippen LogP contribution >= 0.6 is 11.8 Å². The van der Waals surface area contributed by atoms with E-state index in [4.69, 9.17) is 0 Å². The van der Waals surface area contributed by atoms with Crippen LogP contribution in [0.25, 0.3) is 0 Å². The monoisotopic (exact) mass is 243 g/mol. The number of nitrogens with one attached hydrogen (secondary N) is 1. The summed E-state index contributed by atoms with van der Waals surface area (Å²) in [4.78, 5) is 0. The number of tetrazole rings is 1. The van der Waals surface area contributed by atoms with Gasteiger partial charge >= 0.3 is 0 Å². The maximum atomic E-state index is 4.03. The number of thioether (sulfide) groups is 1. The Morgan fingerprint density at radius 3 is 2.75 bits per heavy atom. The maximum Gasteiger partial charge on any atom is 0.209 e. The van der Waals surface area contributed by atoms with E-state index in [-0.39, 0.29) is 0 Å². The maximum absolute atomic E-state index is 4.03. The molecular formula is C10H21N5S. The van der Waals surface area contributed by atoms with Crippen LogP contribution in [0.4, 0.5) is 0 Å². The lowest BCUT2D eigenvalue weighted by Crippen LogP contribution is -2.16. The van der Waals surface area contributed by atoms with Gasteiger partial charge in [0.05, 0.1) is 6.54 Å². The van der Waals surface area contributed by atoms with E-state index >= 15 is 0 Å². The van der Waals surface area contributed by atoms with Crippen molar-refractivity contribution in [1.82, 2.24) is 25.5 Å². The van der Waals surface area contributed by atoms with Crippen molar-refractivity contribution in [2.45, 2.75) is 38.9 Å². The Labute approximate surface area is 101 Å². The third-order valence-electron chi connectivity index (χ3n) is 2.16. The highest BCUT2D eigenvalue weighted by molar-refractivity contribution is 7.99. The lowest BCUT2D eigenvalue weighted by molar-refractivity contribution is 0.401. The highest BCUT2D eigenvalue weighted by Gasteiger charge is 2.12. The first-order valence-electron chi connectivity index (χ1n) is 5.56. The smallest absolute Gasteiger partial charge is 0.209 e. The van der Waals surface area contributed by atoms with Gasteiger partial charge in [0.25, 0.3) is 0 Å². The molecule has 92 valence electrons. The topological polar surface area (TPSA) is 55.6 Å². The Morgan fingerprint density at radius 1 is 1.38 bits per heavy atom. The molecule has 0 unspecified atom stereocenters. The number of aromatic nitrogens is 4. The molecule has 0 aliphatic rings. The van der Waals surface area contributed by atoms with Crippen LogP contribution in [0.5, 0.6) is 0 Å². The standard InChI is InChI=1S/C10H21N5S/c1-10(2,3)5-8-16-9-12-13-14-15(9)7-6-11-4/h11H,5-8H2,1-4H3. The number of likely N-dealkylation sites (N-methyl/N-ethyl adjacent to an activating group) is 1. The molecule has 0 aliphatic heterocycles. The van der Waals surface area contributed by atoms with Crippen LogP contribution in [0, 0.1) is 5.41 Å². The van der Waals surface area contributed by atoms with Gasteiger partial charge in [-0.3, -0.25) is 0 Å². The predicted octanol–water partition coefficient (Wildman–Crippen LogP) is 1.42. The predicted molar refractivity (Wildman–Crippen MR) is 66.5 cm³/mol. The van der Waals surface area contributed by atoms with Gasteiger partial charge in [-0.2, -0.15) is 0 Å². The first kappa shape index (κ1) is 13.4. The summed E-state index contributed by atoms with van der Waals surface area (Å²) in [6, 6.07) is 0. The molecule has 0 radical (unpaired) electrons. The van der Waals surface area contributed by atoms with Crippen molar-refractivity contribution < 1.29 is 0 Å². The molecule has 0 amide bonds. The van der Waals surface area contributed by atoms with E-state index in [1.807, 2.05) is 11.7 Å². The molecule has 5 nitrogen and oxygen atoms in total. The highest BCUT2D eigenvalue weighted by Crippen LogP contribution is 2.24. The number of nitrogens with zero attached hydrogens (tertiary/aromatic N) is 4. The van der Waals surface area contributed by atoms with Gasteiger partial charge in [0, 0.05) is 12.3 Å². The van der Waals surface area contributed by atoms with Gasteiger partial charge in [-0.25, -0.2) is 4.68 Å². The van der Waals surface area contributed by atoms with Crippen LogP contribution in [0.1, 0.15) is 27.2 Å². The average Bonchev–Trinajstić information content (AvgIpc) is 2.60. The first-order chi connectivity index (χ1) is 7.53. The van der Waals surface area contributed by atoms with E-state index in [1.165, 1.54) is 0 Å². The quantitative estimate of drug-likeness (QED) is 0.766. The molecule has 0 aromatic carbocycles. The van der Waals surface area contributed by atoms with Gasteiger partial charge in [-0.05, 0) is 29.3 Å². The fraction of sp³-hybridized carbons (Fsp3) is 0.900. The van der Waals surface area contributed by atoms with Crippen molar-refractivity contribution in [3.05, 3.63) is 0 Å². The zero-order valence-corrected chi connectivity index (χ0v) is 11.3. The fourth-order valence-electron chi connectivity index (χ4n) is 1.11. The number of hydrogen-bond donors (Lipinski definition) is 1. The highest BCUT2D eigenvalue weighted by atomic mass is 32.2. The van der Waals surface area contributed by atoms with Crippen LogP contribution in [-0.4, -0.2) is 39.6 Å². The zero-order valence-electron chi connectivity index (χ0n) is 10.5. The molecular weight excluding hydrogens is 222 g/mol. The van der Waals surface area contributed by atoms with Crippen LogP contribution in [0.15, 0.2) is 5.16 Å². The summed E-state index contributed by atoms with van der Waals surface area (Å²) in [5.41, 5.74) is 0.371. The molecule has 1 aromatic heterocycles. The Morgan fingerprint density at radius 2 is 2.12 bits per heavy atom. The molecule has 0 atom stereocenters. The summed E-state index contributed by atoms with van der Waals surface area (Å²) in [5.74, 6) is 1.06. The lowest BCUT2D eigenvalue weighted by atomic mass is 9.94. The van der Waals surface area contributed by atoms with E-state index in [0.717, 1.165) is 30.4 Å². The van der Waals surface area contributed by atoms with Gasteiger partial charge in [-0.1, -0.05) is 32.5 Å². The second-order valence-electron chi connectivity index (χ2n) is 4.95. The van der Waals surface area contributed by atoms with E-state index in [0.29, 0.717) is 5.41 Å². The molecule has 1 heterocycles. The van der Waals surface area contributed by atoms with Crippen LogP contribution in [-0.2, 0) is 6.54 Å². The minimum atomic E-state index is 0.371. The molecule has 1 rings (SSSR count). The number of hydrogen-bond acceptors (Lipinski definition) is 5. The molecule has 0 saturated heterocycles. The molecule has 0 aliphatic carbocycles. The van der Waals surface area contributed by atoms with Crippen molar-refractivity contribution in [2.75, 3.05) is 19.3 Å². The largest absolute Gasteiger partial charge is 0.318 e. The van der Waals surface area contributed by atoms with Gasteiger partial charge in [0.1, 0.15) is 0 Å². The van der Waals surface area contributed by atoms with Gasteiger partial charge in [0.15, 0.2) is 0 Å². The fourth-order valence-corrected chi connectivity index (χ4v) is 2.37. The van der Waals surface area contributed by atoms with E-state index in [9.17, 15) is 0 Å². The minimum Gasteiger partial charge on any atom is -0.318 e. The van der Waals surface area contributed by atoms with Crippen molar-refractivity contribution in [1.29, 1.82) is 0 Å². The van der Waals surface area contributed by atoms with E-state index in [2.05, 4.69) is 41.6 Å². The van der Waals surface area contributed by atoms with Gasteiger partial charge in [0.2, 0.25) is 5.16 Å². The van der Waals surface area contributed by atoms with Crippen molar-refractivity contribution in [3.8, 4) is 0 Å². The molecule has 1 N–H and O–H groups in total. The molecule has 0 bridgehead atoms. The summed E-state index contributed by atoms with van der Waals surface area (Å²) in [7, 11) is 1.93. The molecule has 0 spiro atoms. The first-order valence-corrected chi connectivity index (χ1v) is 6.55. The summed E-state index contributed by atoms with van der Waals surface area (Å²) >= 11 is 1.73. The van der Waals surface area contributed by atoms with E-state index < -0.39 is 0 Å². The summed E-state index contributed by atoms with van der Waals surface area (Å²) in [5, 5.41) is 15.7. The van der Waals surface area contributed by atoms with Crippen LogP contribution in [0.2, 0.25) is 0 Å². The molecule has 0 saturated carbocycles. The van der Waals surface area contributed by atoms with Crippen molar-refractivity contribution in [3.63, 3.8) is 0 Å². The third-order valence-corrected chi connectivity index (χ3v) is 3.11. The van der Waals surface area contributed by atoms with Gasteiger partial charge in [-0.15, -0.1) is 5.10 Å². The summed E-state index contributed by atoms with van der Waals surface area (Å²) in [6.07, 6.45) is 1.16. The summed E-state index contributed by atoms with van der Waals surface area (Å²) in [6.45, 7) is 8.45. The second kappa shape index (κ2) is 6.20. The molecule has 16 heavy (non-hydrogen) atoms. The van der Waals surface area contributed by atoms with Crippen molar-refractivity contribution >= 4 is 11.8 Å².